The molecule has 2 aliphatic rings. The SMILES string of the molecule is C[C@@H](O)c1cc2cnc(Nc3ccc4c(n3)CCN(CCO)C4)nc2c(N2CCCCC2)n1. The fraction of sp³-hybridized carbons (Fsp3) is 0.500. The molecular formula is C24H31N7O2. The zero-order valence-corrected chi connectivity index (χ0v) is 19.0. The van der Waals surface area contributed by atoms with Crippen LogP contribution in [0.5, 0.6) is 0 Å². The molecule has 0 saturated carbocycles. The Balaban J connectivity index is 1.44. The average molecular weight is 450 g/mol. The molecule has 3 aromatic rings. The standard InChI is InChI=1S/C24H31N7O2/c1-16(33)20-13-18-14-25-24(29-22(18)23(27-20)31-8-3-2-4-9-31)28-21-6-5-17-15-30(11-12-32)10-7-19(17)26-21/h5-6,13-14,16,32-33H,2-4,7-12,15H2,1H3,(H,25,26,28,29)/t16-/m1/s1. The van der Waals surface area contributed by atoms with Gasteiger partial charge in [0.25, 0.3) is 0 Å². The summed E-state index contributed by atoms with van der Waals surface area (Å²) in [5.41, 5.74) is 3.70. The summed E-state index contributed by atoms with van der Waals surface area (Å²) in [5, 5.41) is 23.5. The highest BCUT2D eigenvalue weighted by Gasteiger charge is 2.20. The van der Waals surface area contributed by atoms with Gasteiger partial charge in [-0.2, -0.15) is 0 Å². The minimum atomic E-state index is -0.649. The second kappa shape index (κ2) is 9.54. The molecule has 9 nitrogen and oxygen atoms in total. The van der Waals surface area contributed by atoms with Crippen LogP contribution in [-0.4, -0.2) is 67.8 Å². The van der Waals surface area contributed by atoms with Crippen molar-refractivity contribution in [1.29, 1.82) is 0 Å². The second-order valence-corrected chi connectivity index (χ2v) is 8.90. The zero-order chi connectivity index (χ0) is 22.8. The van der Waals surface area contributed by atoms with Gasteiger partial charge in [0.05, 0.1) is 18.4 Å². The number of nitrogens with zero attached hydrogens (tertiary/aromatic N) is 6. The summed E-state index contributed by atoms with van der Waals surface area (Å²) < 4.78 is 0. The lowest BCUT2D eigenvalue weighted by Gasteiger charge is -2.29. The summed E-state index contributed by atoms with van der Waals surface area (Å²) >= 11 is 0. The van der Waals surface area contributed by atoms with Crippen molar-refractivity contribution >= 4 is 28.5 Å². The molecule has 0 unspecified atom stereocenters. The molecule has 5 heterocycles. The van der Waals surface area contributed by atoms with Gasteiger partial charge in [-0.1, -0.05) is 6.07 Å². The van der Waals surface area contributed by atoms with Gasteiger partial charge >= 0.3 is 0 Å². The number of aliphatic hydroxyl groups is 2. The highest BCUT2D eigenvalue weighted by atomic mass is 16.3. The van der Waals surface area contributed by atoms with Crippen molar-refractivity contribution in [1.82, 2.24) is 24.8 Å². The van der Waals surface area contributed by atoms with Gasteiger partial charge in [0.1, 0.15) is 11.3 Å². The number of hydrogen-bond donors (Lipinski definition) is 3. The quantitative estimate of drug-likeness (QED) is 0.523. The van der Waals surface area contributed by atoms with Gasteiger partial charge in [-0.3, -0.25) is 4.90 Å². The van der Waals surface area contributed by atoms with Crippen molar-refractivity contribution in [2.24, 2.45) is 0 Å². The smallest absolute Gasteiger partial charge is 0.229 e. The van der Waals surface area contributed by atoms with Crippen LogP contribution in [-0.2, 0) is 13.0 Å². The van der Waals surface area contributed by atoms with Crippen molar-refractivity contribution < 1.29 is 10.2 Å². The van der Waals surface area contributed by atoms with E-state index in [0.29, 0.717) is 18.2 Å². The van der Waals surface area contributed by atoms with Crippen molar-refractivity contribution in [2.75, 3.05) is 43.0 Å². The van der Waals surface area contributed by atoms with E-state index in [9.17, 15) is 10.2 Å². The molecule has 0 spiro atoms. The largest absolute Gasteiger partial charge is 0.395 e. The van der Waals surface area contributed by atoms with Crippen LogP contribution in [0, 0.1) is 0 Å². The minimum absolute atomic E-state index is 0.175. The Morgan fingerprint density at radius 2 is 1.94 bits per heavy atom. The molecule has 0 radical (unpaired) electrons. The Morgan fingerprint density at radius 3 is 2.73 bits per heavy atom. The van der Waals surface area contributed by atoms with Gasteiger partial charge in [0, 0.05) is 56.4 Å². The van der Waals surface area contributed by atoms with Crippen LogP contribution in [0.1, 0.15) is 49.2 Å². The van der Waals surface area contributed by atoms with Gasteiger partial charge < -0.3 is 20.4 Å². The Bertz CT molecular complexity index is 1130. The van der Waals surface area contributed by atoms with E-state index in [2.05, 4.69) is 26.2 Å². The number of pyridine rings is 2. The lowest BCUT2D eigenvalue weighted by Crippen LogP contribution is -2.33. The number of nitrogens with one attached hydrogen (secondary N) is 1. The normalized spacial score (nSPS) is 17.7. The first kappa shape index (κ1) is 21.9. The Morgan fingerprint density at radius 1 is 1.09 bits per heavy atom. The van der Waals surface area contributed by atoms with Crippen LogP contribution < -0.4 is 10.2 Å². The first-order valence-corrected chi connectivity index (χ1v) is 11.8. The third kappa shape index (κ3) is 4.75. The van der Waals surface area contributed by atoms with Crippen molar-refractivity contribution in [3.63, 3.8) is 0 Å². The third-order valence-corrected chi connectivity index (χ3v) is 6.43. The van der Waals surface area contributed by atoms with Gasteiger partial charge in [-0.05, 0) is 43.9 Å². The summed E-state index contributed by atoms with van der Waals surface area (Å²) in [7, 11) is 0. The Kier molecular flexibility index (Phi) is 6.34. The number of fused-ring (bicyclic) bond motifs is 2. The molecule has 33 heavy (non-hydrogen) atoms. The summed E-state index contributed by atoms with van der Waals surface area (Å²) in [5.74, 6) is 2.02. The molecule has 0 aromatic carbocycles. The van der Waals surface area contributed by atoms with E-state index in [1.807, 2.05) is 12.1 Å². The Hall–Kier alpha value is -2.88. The van der Waals surface area contributed by atoms with E-state index in [0.717, 1.165) is 73.7 Å². The maximum Gasteiger partial charge on any atom is 0.229 e. The molecule has 174 valence electrons. The predicted octanol–water partition coefficient (Wildman–Crippen LogP) is 2.56. The monoisotopic (exact) mass is 449 g/mol. The van der Waals surface area contributed by atoms with Gasteiger partial charge in [-0.25, -0.2) is 19.9 Å². The molecule has 1 fully saturated rings. The molecule has 5 rings (SSSR count). The van der Waals surface area contributed by atoms with Crippen LogP contribution >= 0.6 is 0 Å². The van der Waals surface area contributed by atoms with Crippen LogP contribution in [0.3, 0.4) is 0 Å². The molecule has 3 aromatic heterocycles. The van der Waals surface area contributed by atoms with E-state index < -0.39 is 6.10 Å². The maximum atomic E-state index is 10.1. The number of aromatic nitrogens is 4. The molecule has 9 heteroatoms. The first-order valence-electron chi connectivity index (χ1n) is 11.8. The van der Waals surface area contributed by atoms with E-state index in [4.69, 9.17) is 15.0 Å². The zero-order valence-electron chi connectivity index (χ0n) is 19.0. The number of anilines is 3. The molecule has 1 saturated heterocycles. The average Bonchev–Trinajstić information content (AvgIpc) is 2.84. The molecule has 3 N–H and O–H groups in total. The van der Waals surface area contributed by atoms with Crippen LogP contribution in [0.15, 0.2) is 24.4 Å². The fourth-order valence-electron chi connectivity index (χ4n) is 4.63. The summed E-state index contributed by atoms with van der Waals surface area (Å²) in [6.45, 7) is 6.19. The molecule has 0 bridgehead atoms. The lowest BCUT2D eigenvalue weighted by molar-refractivity contribution is 0.183. The number of aliphatic hydroxyl groups excluding tert-OH is 2. The van der Waals surface area contributed by atoms with Gasteiger partial charge in [0.15, 0.2) is 5.82 Å². The van der Waals surface area contributed by atoms with Crippen LogP contribution in [0.2, 0.25) is 0 Å². The molecule has 1 atom stereocenters. The highest BCUT2D eigenvalue weighted by Crippen LogP contribution is 2.29. The summed E-state index contributed by atoms with van der Waals surface area (Å²) in [4.78, 5) is 23.4. The topological polar surface area (TPSA) is 111 Å². The number of piperidine rings is 1. The molecular weight excluding hydrogens is 418 g/mol. The van der Waals surface area contributed by atoms with Gasteiger partial charge in [0.2, 0.25) is 5.95 Å². The highest BCUT2D eigenvalue weighted by molar-refractivity contribution is 5.89. The van der Waals surface area contributed by atoms with Crippen molar-refractivity contribution in [2.45, 2.75) is 45.3 Å². The minimum Gasteiger partial charge on any atom is -0.395 e. The number of β-amino-alcohol motifs (C(OH)–C–C–N with tert-alkyl or cyclic N) is 1. The second-order valence-electron chi connectivity index (χ2n) is 8.90. The van der Waals surface area contributed by atoms with E-state index in [1.54, 1.807) is 13.1 Å². The van der Waals surface area contributed by atoms with Crippen molar-refractivity contribution in [3.8, 4) is 0 Å². The van der Waals surface area contributed by atoms with E-state index >= 15 is 0 Å². The van der Waals surface area contributed by atoms with Gasteiger partial charge in [-0.15, -0.1) is 0 Å². The fourth-order valence-corrected chi connectivity index (χ4v) is 4.63. The van der Waals surface area contributed by atoms with Crippen LogP contribution in [0.25, 0.3) is 10.9 Å². The van der Waals surface area contributed by atoms with Crippen LogP contribution in [0.4, 0.5) is 17.6 Å². The lowest BCUT2D eigenvalue weighted by atomic mass is 10.1. The first-order chi connectivity index (χ1) is 16.1. The number of rotatable bonds is 6. The van der Waals surface area contributed by atoms with E-state index in [-0.39, 0.29) is 6.61 Å². The third-order valence-electron chi connectivity index (χ3n) is 6.43. The predicted molar refractivity (Wildman–Crippen MR) is 128 cm³/mol. The van der Waals surface area contributed by atoms with Crippen molar-refractivity contribution in [3.05, 3.63) is 41.3 Å². The molecule has 0 aliphatic carbocycles. The summed E-state index contributed by atoms with van der Waals surface area (Å²) in [6, 6.07) is 5.91. The molecule has 2 aliphatic heterocycles. The van der Waals surface area contributed by atoms with E-state index in [1.165, 1.54) is 12.0 Å². The maximum absolute atomic E-state index is 10.1. The molecule has 0 amide bonds. The number of hydrogen-bond acceptors (Lipinski definition) is 9. The Labute approximate surface area is 193 Å². The summed E-state index contributed by atoms with van der Waals surface area (Å²) in [6.07, 6.45) is 5.49.